The maximum atomic E-state index is 6.08. The third-order valence-corrected chi connectivity index (χ3v) is 4.43. The molecule has 0 bridgehead atoms. The van der Waals surface area contributed by atoms with Gasteiger partial charge in [0.25, 0.3) is 0 Å². The van der Waals surface area contributed by atoms with Crippen molar-refractivity contribution in [3.05, 3.63) is 63.6 Å². The molecule has 0 heterocycles. The number of benzene rings is 2. The normalized spacial score (nSPS) is 10.7. The largest absolute Gasteiger partial charge is 0.489 e. The van der Waals surface area contributed by atoms with Crippen molar-refractivity contribution in [3.8, 4) is 5.75 Å². The van der Waals surface area contributed by atoms with E-state index in [1.54, 1.807) is 0 Å². The molecule has 3 heteroatoms. The quantitative estimate of drug-likeness (QED) is 0.574. The maximum absolute atomic E-state index is 6.08. The minimum atomic E-state index is 0.608. The van der Waals surface area contributed by atoms with E-state index in [9.17, 15) is 0 Å². The van der Waals surface area contributed by atoms with Gasteiger partial charge < -0.3 is 10.1 Å². The van der Waals surface area contributed by atoms with Crippen molar-refractivity contribution in [1.29, 1.82) is 0 Å². The van der Waals surface area contributed by atoms with Crippen LogP contribution in [0.15, 0.2) is 46.9 Å². The molecule has 0 aromatic heterocycles. The fourth-order valence-electron chi connectivity index (χ4n) is 2.48. The lowest BCUT2D eigenvalue weighted by molar-refractivity contribution is 0.301. The lowest BCUT2D eigenvalue weighted by atomic mass is 10.1. The Morgan fingerprint density at radius 3 is 2.65 bits per heavy atom. The second kappa shape index (κ2) is 9.74. The third-order valence-electron chi connectivity index (χ3n) is 3.94. The zero-order valence-corrected chi connectivity index (χ0v) is 15.7. The van der Waals surface area contributed by atoms with Crippen molar-refractivity contribution in [2.75, 3.05) is 6.54 Å². The molecule has 0 aliphatic heterocycles. The van der Waals surface area contributed by atoms with Gasteiger partial charge in [-0.15, -0.1) is 0 Å². The minimum Gasteiger partial charge on any atom is -0.489 e. The van der Waals surface area contributed by atoms with Gasteiger partial charge in [-0.05, 0) is 49.2 Å². The molecule has 1 N–H and O–H groups in total. The predicted molar refractivity (Wildman–Crippen MR) is 101 cm³/mol. The van der Waals surface area contributed by atoms with Crippen LogP contribution in [0.3, 0.4) is 0 Å². The zero-order valence-electron chi connectivity index (χ0n) is 14.1. The number of ether oxygens (including phenoxy) is 1. The highest BCUT2D eigenvalue weighted by molar-refractivity contribution is 9.10. The van der Waals surface area contributed by atoms with Crippen LogP contribution in [0.4, 0.5) is 0 Å². The van der Waals surface area contributed by atoms with Gasteiger partial charge in [-0.3, -0.25) is 0 Å². The molecule has 0 amide bonds. The van der Waals surface area contributed by atoms with Gasteiger partial charge in [0.2, 0.25) is 0 Å². The van der Waals surface area contributed by atoms with Crippen molar-refractivity contribution in [2.45, 2.75) is 46.3 Å². The van der Waals surface area contributed by atoms with E-state index in [1.165, 1.54) is 36.0 Å². The molecule has 0 saturated carbocycles. The van der Waals surface area contributed by atoms with Crippen LogP contribution in [0.2, 0.25) is 0 Å². The summed E-state index contributed by atoms with van der Waals surface area (Å²) in [5, 5.41) is 3.51. The van der Waals surface area contributed by atoms with Crippen molar-refractivity contribution >= 4 is 15.9 Å². The summed E-state index contributed by atoms with van der Waals surface area (Å²) in [5.41, 5.74) is 3.70. The molecule has 0 atom stereocenters. The van der Waals surface area contributed by atoms with Crippen LogP contribution in [-0.4, -0.2) is 6.54 Å². The van der Waals surface area contributed by atoms with Crippen LogP contribution in [0.1, 0.15) is 42.9 Å². The number of halogens is 1. The molecular weight excluding hydrogens is 350 g/mol. The van der Waals surface area contributed by atoms with E-state index in [2.05, 4.69) is 65.4 Å². The maximum Gasteiger partial charge on any atom is 0.124 e. The summed E-state index contributed by atoms with van der Waals surface area (Å²) >= 11 is 3.55. The van der Waals surface area contributed by atoms with Gasteiger partial charge in [0.05, 0.1) is 0 Å². The van der Waals surface area contributed by atoms with Crippen molar-refractivity contribution in [1.82, 2.24) is 5.32 Å². The summed E-state index contributed by atoms with van der Waals surface area (Å²) in [7, 11) is 0. The first kappa shape index (κ1) is 18.0. The molecule has 0 saturated heterocycles. The van der Waals surface area contributed by atoms with Crippen molar-refractivity contribution in [3.63, 3.8) is 0 Å². The lowest BCUT2D eigenvalue weighted by Crippen LogP contribution is -2.15. The van der Waals surface area contributed by atoms with E-state index in [4.69, 9.17) is 4.74 Å². The van der Waals surface area contributed by atoms with E-state index in [1.807, 2.05) is 12.1 Å². The summed E-state index contributed by atoms with van der Waals surface area (Å²) in [6, 6.07) is 14.6. The molecule has 2 nitrogen and oxygen atoms in total. The molecule has 0 spiro atoms. The summed E-state index contributed by atoms with van der Waals surface area (Å²) in [5.74, 6) is 0.958. The van der Waals surface area contributed by atoms with E-state index in [0.717, 1.165) is 23.3 Å². The Balaban J connectivity index is 1.96. The standard InChI is InChI=1S/C20H26BrNO/c1-3-4-7-12-22-14-18-13-19(21)10-11-20(18)23-15-17-9-6-5-8-16(17)2/h5-6,8-11,13,22H,3-4,7,12,14-15H2,1-2H3. The molecule has 124 valence electrons. The van der Waals surface area contributed by atoms with Crippen LogP contribution in [-0.2, 0) is 13.2 Å². The number of unbranched alkanes of at least 4 members (excludes halogenated alkanes) is 2. The number of nitrogens with one attached hydrogen (secondary N) is 1. The highest BCUT2D eigenvalue weighted by atomic mass is 79.9. The highest BCUT2D eigenvalue weighted by Crippen LogP contribution is 2.24. The van der Waals surface area contributed by atoms with E-state index in [0.29, 0.717) is 6.61 Å². The highest BCUT2D eigenvalue weighted by Gasteiger charge is 2.06. The molecule has 0 radical (unpaired) electrons. The molecule has 2 aromatic carbocycles. The smallest absolute Gasteiger partial charge is 0.124 e. The molecular formula is C20H26BrNO. The first-order valence-electron chi connectivity index (χ1n) is 8.37. The van der Waals surface area contributed by atoms with Gasteiger partial charge in [-0.25, -0.2) is 0 Å². The molecule has 0 fully saturated rings. The molecule has 2 aromatic rings. The Morgan fingerprint density at radius 2 is 1.87 bits per heavy atom. The zero-order chi connectivity index (χ0) is 16.5. The van der Waals surface area contributed by atoms with Crippen LogP contribution in [0.25, 0.3) is 0 Å². The molecule has 23 heavy (non-hydrogen) atoms. The Hall–Kier alpha value is -1.32. The molecule has 0 aliphatic rings. The SMILES string of the molecule is CCCCCNCc1cc(Br)ccc1OCc1ccccc1C. The Labute approximate surface area is 148 Å². The van der Waals surface area contributed by atoms with Crippen LogP contribution in [0.5, 0.6) is 5.75 Å². The van der Waals surface area contributed by atoms with Gasteiger partial charge in [0, 0.05) is 16.6 Å². The summed E-state index contributed by atoms with van der Waals surface area (Å²) in [6.07, 6.45) is 3.76. The molecule has 0 unspecified atom stereocenters. The Kier molecular flexibility index (Phi) is 7.63. The molecule has 2 rings (SSSR count). The average Bonchev–Trinajstić information content (AvgIpc) is 2.55. The number of rotatable bonds is 9. The van der Waals surface area contributed by atoms with Crippen molar-refractivity contribution in [2.24, 2.45) is 0 Å². The van der Waals surface area contributed by atoms with Crippen LogP contribution in [0, 0.1) is 6.92 Å². The first-order chi connectivity index (χ1) is 11.2. The van der Waals surface area contributed by atoms with Gasteiger partial charge >= 0.3 is 0 Å². The summed E-state index contributed by atoms with van der Waals surface area (Å²) < 4.78 is 7.17. The average molecular weight is 376 g/mol. The molecule has 0 aliphatic carbocycles. The van der Waals surface area contributed by atoms with Gasteiger partial charge in [-0.1, -0.05) is 60.0 Å². The predicted octanol–water partition coefficient (Wildman–Crippen LogP) is 5.62. The van der Waals surface area contributed by atoms with Crippen molar-refractivity contribution < 1.29 is 4.74 Å². The second-order valence-corrected chi connectivity index (χ2v) is 6.77. The first-order valence-corrected chi connectivity index (χ1v) is 9.16. The van der Waals surface area contributed by atoms with E-state index in [-0.39, 0.29) is 0 Å². The van der Waals surface area contributed by atoms with Gasteiger partial charge in [-0.2, -0.15) is 0 Å². The number of hydrogen-bond acceptors (Lipinski definition) is 2. The number of aryl methyl sites for hydroxylation is 1. The third kappa shape index (κ3) is 6.00. The topological polar surface area (TPSA) is 21.3 Å². The van der Waals surface area contributed by atoms with Crippen LogP contribution >= 0.6 is 15.9 Å². The van der Waals surface area contributed by atoms with Gasteiger partial charge in [0.15, 0.2) is 0 Å². The number of hydrogen-bond donors (Lipinski definition) is 1. The van der Waals surface area contributed by atoms with E-state index >= 15 is 0 Å². The fraction of sp³-hybridized carbons (Fsp3) is 0.400. The van der Waals surface area contributed by atoms with Gasteiger partial charge in [0.1, 0.15) is 12.4 Å². The lowest BCUT2D eigenvalue weighted by Gasteiger charge is -2.14. The minimum absolute atomic E-state index is 0.608. The second-order valence-electron chi connectivity index (χ2n) is 5.85. The monoisotopic (exact) mass is 375 g/mol. The van der Waals surface area contributed by atoms with Crippen LogP contribution < -0.4 is 10.1 Å². The summed E-state index contributed by atoms with van der Waals surface area (Å²) in [6.45, 7) is 6.85. The fourth-order valence-corrected chi connectivity index (χ4v) is 2.89. The van der Waals surface area contributed by atoms with E-state index < -0.39 is 0 Å². The summed E-state index contributed by atoms with van der Waals surface area (Å²) in [4.78, 5) is 0. The Bertz CT molecular complexity index is 612. The Morgan fingerprint density at radius 1 is 1.04 bits per heavy atom.